The van der Waals surface area contributed by atoms with Gasteiger partial charge in [-0.2, -0.15) is 0 Å². The van der Waals surface area contributed by atoms with Crippen LogP contribution in [0.5, 0.6) is 5.75 Å². The Morgan fingerprint density at radius 3 is 2.29 bits per heavy atom. The zero-order valence-electron chi connectivity index (χ0n) is 13.3. The second-order valence-corrected chi connectivity index (χ2v) is 5.32. The standard InChI is InChI=1S/C20H18N2O2/c1-24-17-12-10-15(11-13-17)19(18-9-5-6-14-21-18)20(23)22-16-7-3-2-4-8-16/h2-14,19H,1H3,(H,22,23). The Labute approximate surface area is 141 Å². The number of ether oxygens (including phenoxy) is 1. The van der Waals surface area contributed by atoms with Crippen molar-refractivity contribution >= 4 is 11.6 Å². The Kier molecular flexibility index (Phi) is 4.87. The van der Waals surface area contributed by atoms with Crippen molar-refractivity contribution in [3.63, 3.8) is 0 Å². The van der Waals surface area contributed by atoms with Crippen molar-refractivity contribution in [2.45, 2.75) is 5.92 Å². The third kappa shape index (κ3) is 3.60. The lowest BCUT2D eigenvalue weighted by Gasteiger charge is -2.17. The smallest absolute Gasteiger partial charge is 0.237 e. The van der Waals surface area contributed by atoms with Crippen molar-refractivity contribution in [3.05, 3.63) is 90.3 Å². The maximum atomic E-state index is 12.9. The van der Waals surface area contributed by atoms with E-state index in [1.165, 1.54) is 0 Å². The van der Waals surface area contributed by atoms with Crippen LogP contribution in [0.4, 0.5) is 5.69 Å². The van der Waals surface area contributed by atoms with E-state index >= 15 is 0 Å². The minimum absolute atomic E-state index is 0.120. The van der Waals surface area contributed by atoms with Gasteiger partial charge < -0.3 is 10.1 Å². The third-order valence-corrected chi connectivity index (χ3v) is 3.74. The molecule has 4 heteroatoms. The first-order valence-electron chi connectivity index (χ1n) is 7.69. The van der Waals surface area contributed by atoms with Crippen LogP contribution in [0.2, 0.25) is 0 Å². The molecule has 3 aromatic rings. The zero-order chi connectivity index (χ0) is 16.8. The fourth-order valence-corrected chi connectivity index (χ4v) is 2.54. The molecule has 1 atom stereocenters. The summed E-state index contributed by atoms with van der Waals surface area (Å²) in [6.07, 6.45) is 1.70. The highest BCUT2D eigenvalue weighted by molar-refractivity contribution is 5.97. The average Bonchev–Trinajstić information content (AvgIpc) is 2.64. The van der Waals surface area contributed by atoms with Gasteiger partial charge in [0.25, 0.3) is 0 Å². The number of benzene rings is 2. The molecule has 2 aromatic carbocycles. The molecule has 24 heavy (non-hydrogen) atoms. The largest absolute Gasteiger partial charge is 0.497 e. The molecule has 3 rings (SSSR count). The first kappa shape index (κ1) is 15.7. The fraction of sp³-hybridized carbons (Fsp3) is 0.100. The summed E-state index contributed by atoms with van der Waals surface area (Å²) in [7, 11) is 1.62. The van der Waals surface area contributed by atoms with Crippen molar-refractivity contribution < 1.29 is 9.53 Å². The van der Waals surface area contributed by atoms with Gasteiger partial charge >= 0.3 is 0 Å². The van der Waals surface area contributed by atoms with E-state index in [9.17, 15) is 4.79 Å². The number of amides is 1. The molecule has 0 fully saturated rings. The quantitative estimate of drug-likeness (QED) is 0.777. The predicted octanol–water partition coefficient (Wildman–Crippen LogP) is 3.86. The van der Waals surface area contributed by atoms with E-state index in [-0.39, 0.29) is 5.91 Å². The summed E-state index contributed by atoms with van der Waals surface area (Å²) in [5.41, 5.74) is 2.33. The second-order valence-electron chi connectivity index (χ2n) is 5.32. The van der Waals surface area contributed by atoms with Gasteiger partial charge in [0.1, 0.15) is 11.7 Å². The first-order valence-corrected chi connectivity index (χ1v) is 7.69. The van der Waals surface area contributed by atoms with Gasteiger partial charge in [-0.1, -0.05) is 36.4 Å². The number of pyridine rings is 1. The molecule has 0 saturated carbocycles. The van der Waals surface area contributed by atoms with E-state index in [0.29, 0.717) is 5.69 Å². The number of hydrogen-bond acceptors (Lipinski definition) is 3. The van der Waals surface area contributed by atoms with Crippen LogP contribution < -0.4 is 10.1 Å². The van der Waals surface area contributed by atoms with Crippen molar-refractivity contribution in [1.29, 1.82) is 0 Å². The Hall–Kier alpha value is -3.14. The summed E-state index contributed by atoms with van der Waals surface area (Å²) >= 11 is 0. The zero-order valence-corrected chi connectivity index (χ0v) is 13.3. The van der Waals surface area contributed by atoms with E-state index < -0.39 is 5.92 Å². The molecule has 1 heterocycles. The number of methoxy groups -OCH3 is 1. The van der Waals surface area contributed by atoms with Gasteiger partial charge in [0.05, 0.1) is 12.8 Å². The monoisotopic (exact) mass is 318 g/mol. The first-order chi connectivity index (χ1) is 11.8. The van der Waals surface area contributed by atoms with Crippen molar-refractivity contribution in [2.24, 2.45) is 0 Å². The van der Waals surface area contributed by atoms with Crippen molar-refractivity contribution in [2.75, 3.05) is 12.4 Å². The summed E-state index contributed by atoms with van der Waals surface area (Å²) < 4.78 is 5.19. The summed E-state index contributed by atoms with van der Waals surface area (Å²) in [5, 5.41) is 2.96. The summed E-state index contributed by atoms with van der Waals surface area (Å²) in [6, 6.07) is 22.5. The molecule has 1 aromatic heterocycles. The number of para-hydroxylation sites is 1. The minimum Gasteiger partial charge on any atom is -0.497 e. The van der Waals surface area contributed by atoms with Crippen LogP contribution in [-0.4, -0.2) is 18.0 Å². The second kappa shape index (κ2) is 7.42. The summed E-state index contributed by atoms with van der Waals surface area (Å²) in [5.74, 6) is 0.143. The number of carbonyl (C=O) groups is 1. The molecule has 0 bridgehead atoms. The summed E-state index contributed by atoms with van der Waals surface area (Å²) in [6.45, 7) is 0. The third-order valence-electron chi connectivity index (χ3n) is 3.74. The molecule has 1 amide bonds. The number of hydrogen-bond donors (Lipinski definition) is 1. The molecule has 120 valence electrons. The van der Waals surface area contributed by atoms with E-state index in [4.69, 9.17) is 4.74 Å². The molecular formula is C20H18N2O2. The lowest BCUT2D eigenvalue weighted by atomic mass is 9.94. The Balaban J connectivity index is 1.94. The van der Waals surface area contributed by atoms with Crippen LogP contribution in [0.1, 0.15) is 17.2 Å². The number of anilines is 1. The van der Waals surface area contributed by atoms with Crippen LogP contribution in [0.25, 0.3) is 0 Å². The van der Waals surface area contributed by atoms with Crippen molar-refractivity contribution in [1.82, 2.24) is 4.98 Å². The van der Waals surface area contributed by atoms with Crippen LogP contribution in [-0.2, 0) is 4.79 Å². The molecule has 0 radical (unpaired) electrons. The predicted molar refractivity (Wildman–Crippen MR) is 94.1 cm³/mol. The topological polar surface area (TPSA) is 51.2 Å². The normalized spacial score (nSPS) is 11.5. The Morgan fingerprint density at radius 1 is 0.958 bits per heavy atom. The number of rotatable bonds is 5. The molecule has 4 nitrogen and oxygen atoms in total. The van der Waals surface area contributed by atoms with Crippen molar-refractivity contribution in [3.8, 4) is 5.75 Å². The molecule has 1 N–H and O–H groups in total. The highest BCUT2D eigenvalue weighted by Crippen LogP contribution is 2.26. The highest BCUT2D eigenvalue weighted by atomic mass is 16.5. The molecule has 0 spiro atoms. The van der Waals surface area contributed by atoms with E-state index in [2.05, 4.69) is 10.3 Å². The maximum Gasteiger partial charge on any atom is 0.237 e. The van der Waals surface area contributed by atoms with Gasteiger partial charge in [0, 0.05) is 11.9 Å². The van der Waals surface area contributed by atoms with Crippen LogP contribution in [0.15, 0.2) is 79.0 Å². The van der Waals surface area contributed by atoms with Gasteiger partial charge in [0.15, 0.2) is 0 Å². The number of aromatic nitrogens is 1. The van der Waals surface area contributed by atoms with Gasteiger partial charge in [-0.15, -0.1) is 0 Å². The van der Waals surface area contributed by atoms with Gasteiger partial charge in [-0.05, 0) is 42.0 Å². The Bertz CT molecular complexity index is 787. The minimum atomic E-state index is -0.489. The Morgan fingerprint density at radius 2 is 1.67 bits per heavy atom. The van der Waals surface area contributed by atoms with E-state index in [0.717, 1.165) is 17.0 Å². The van der Waals surface area contributed by atoms with E-state index in [1.54, 1.807) is 13.3 Å². The van der Waals surface area contributed by atoms with E-state index in [1.807, 2.05) is 72.8 Å². The number of nitrogens with one attached hydrogen (secondary N) is 1. The highest BCUT2D eigenvalue weighted by Gasteiger charge is 2.24. The molecular weight excluding hydrogens is 300 g/mol. The molecule has 1 unspecified atom stereocenters. The lowest BCUT2D eigenvalue weighted by molar-refractivity contribution is -0.116. The molecule has 0 saturated heterocycles. The van der Waals surface area contributed by atoms with Gasteiger partial charge in [-0.25, -0.2) is 0 Å². The maximum absolute atomic E-state index is 12.9. The van der Waals surface area contributed by atoms with Crippen LogP contribution >= 0.6 is 0 Å². The summed E-state index contributed by atoms with van der Waals surface area (Å²) in [4.78, 5) is 17.3. The number of nitrogens with zero attached hydrogens (tertiary/aromatic N) is 1. The number of carbonyl (C=O) groups excluding carboxylic acids is 1. The van der Waals surface area contributed by atoms with Gasteiger partial charge in [-0.3, -0.25) is 9.78 Å². The lowest BCUT2D eigenvalue weighted by Crippen LogP contribution is -2.23. The van der Waals surface area contributed by atoms with Crippen LogP contribution in [0, 0.1) is 0 Å². The SMILES string of the molecule is COc1ccc(C(C(=O)Nc2ccccc2)c2ccccn2)cc1. The van der Waals surface area contributed by atoms with Gasteiger partial charge in [0.2, 0.25) is 5.91 Å². The average molecular weight is 318 g/mol. The fourth-order valence-electron chi connectivity index (χ4n) is 2.54. The molecule has 0 aliphatic rings. The molecule has 0 aliphatic carbocycles. The van der Waals surface area contributed by atoms with Crippen LogP contribution in [0.3, 0.4) is 0 Å². The molecule has 0 aliphatic heterocycles.